The molecule has 3 unspecified atom stereocenters. The van der Waals surface area contributed by atoms with Gasteiger partial charge in [-0.3, -0.25) is 9.59 Å². The van der Waals surface area contributed by atoms with Crippen molar-refractivity contribution in [3.05, 3.63) is 12.2 Å². The lowest BCUT2D eigenvalue weighted by molar-refractivity contribution is -0.162. The Bertz CT molecular complexity index is 485. The lowest BCUT2D eigenvalue weighted by atomic mass is 9.83. The number of ether oxygens (including phenoxy) is 1. The summed E-state index contributed by atoms with van der Waals surface area (Å²) in [5.41, 5.74) is 0. The summed E-state index contributed by atoms with van der Waals surface area (Å²) in [6, 6.07) is 0. The molecule has 30 heavy (non-hydrogen) atoms. The highest BCUT2D eigenvalue weighted by molar-refractivity contribution is 5.81. The van der Waals surface area contributed by atoms with Crippen molar-refractivity contribution in [1.82, 2.24) is 0 Å². The molecule has 3 atom stereocenters. The molecule has 0 aliphatic heterocycles. The molecule has 0 aromatic rings. The number of aliphatic carboxylic acids is 1. The number of hydrogen-bond acceptors (Lipinski definition) is 3. The van der Waals surface area contributed by atoms with Crippen LogP contribution in [-0.2, 0) is 14.3 Å². The maximum Gasteiger partial charge on any atom is 0.310 e. The largest absolute Gasteiger partial charge is 0.481 e. The van der Waals surface area contributed by atoms with Crippen molar-refractivity contribution in [3.63, 3.8) is 0 Å². The minimum Gasteiger partial charge on any atom is -0.481 e. The smallest absolute Gasteiger partial charge is 0.310 e. The number of esters is 1. The van der Waals surface area contributed by atoms with Crippen LogP contribution in [0, 0.1) is 11.8 Å². The molecule has 0 amide bonds. The van der Waals surface area contributed by atoms with E-state index in [0.29, 0.717) is 12.8 Å². The fourth-order valence-electron chi connectivity index (χ4n) is 4.34. The Labute approximate surface area is 184 Å². The number of carboxylic acid groups (broad SMARTS) is 1. The molecule has 0 aromatic carbocycles. The van der Waals surface area contributed by atoms with Gasteiger partial charge in [-0.25, -0.2) is 0 Å². The quantitative estimate of drug-likeness (QED) is 0.141. The maximum absolute atomic E-state index is 12.5. The zero-order valence-corrected chi connectivity index (χ0v) is 19.6. The Kier molecular flexibility index (Phi) is 15.5. The molecule has 4 nitrogen and oxygen atoms in total. The molecule has 0 aromatic heterocycles. The molecule has 1 aliphatic rings. The van der Waals surface area contributed by atoms with Crippen LogP contribution in [0.15, 0.2) is 12.2 Å². The molecule has 174 valence electrons. The third-order valence-corrected chi connectivity index (χ3v) is 6.42. The lowest BCUT2D eigenvalue weighted by Crippen LogP contribution is -2.34. The predicted octanol–water partition coefficient (Wildman–Crippen LogP) is 7.46. The van der Waals surface area contributed by atoms with Gasteiger partial charge >= 0.3 is 11.9 Å². The first kappa shape index (κ1) is 26.7. The minimum atomic E-state index is -0.897. The molecule has 0 bridgehead atoms. The highest BCUT2D eigenvalue weighted by Crippen LogP contribution is 2.28. The number of carbonyl (C=O) groups excluding carboxylic acids is 1. The van der Waals surface area contributed by atoms with E-state index in [4.69, 9.17) is 4.74 Å². The number of allylic oxidation sites excluding steroid dienone is 2. The third-order valence-electron chi connectivity index (χ3n) is 6.42. The minimum absolute atomic E-state index is 0.0782. The third kappa shape index (κ3) is 11.8. The Balaban J connectivity index is 2.06. The van der Waals surface area contributed by atoms with Crippen molar-refractivity contribution < 1.29 is 19.4 Å². The van der Waals surface area contributed by atoms with E-state index in [0.717, 1.165) is 19.3 Å². The van der Waals surface area contributed by atoms with Crippen LogP contribution in [-0.4, -0.2) is 23.1 Å². The van der Waals surface area contributed by atoms with Crippen molar-refractivity contribution in [2.45, 2.75) is 129 Å². The van der Waals surface area contributed by atoms with Crippen LogP contribution in [0.5, 0.6) is 0 Å². The van der Waals surface area contributed by atoms with Gasteiger partial charge in [0.1, 0.15) is 6.10 Å². The van der Waals surface area contributed by atoms with Crippen LogP contribution in [0.2, 0.25) is 0 Å². The van der Waals surface area contributed by atoms with Crippen LogP contribution in [0.25, 0.3) is 0 Å². The van der Waals surface area contributed by atoms with E-state index in [1.54, 1.807) is 0 Å². The molecule has 0 radical (unpaired) electrons. The molecule has 1 aliphatic carbocycles. The van der Waals surface area contributed by atoms with E-state index in [1.807, 2.05) is 19.1 Å². The topological polar surface area (TPSA) is 63.6 Å². The van der Waals surface area contributed by atoms with Gasteiger partial charge in [0.2, 0.25) is 0 Å². The van der Waals surface area contributed by atoms with Gasteiger partial charge in [0.15, 0.2) is 0 Å². The van der Waals surface area contributed by atoms with E-state index < -0.39 is 17.8 Å². The number of carboxylic acids is 1. The molecular weight excluding hydrogens is 376 g/mol. The summed E-state index contributed by atoms with van der Waals surface area (Å²) in [6.07, 6.45) is 23.5. The molecule has 0 saturated carbocycles. The molecule has 1 rings (SSSR count). The lowest BCUT2D eigenvalue weighted by Gasteiger charge is -2.26. The van der Waals surface area contributed by atoms with E-state index in [-0.39, 0.29) is 12.1 Å². The monoisotopic (exact) mass is 422 g/mol. The fraction of sp³-hybridized carbons (Fsp3) is 0.846. The number of carbonyl (C=O) groups is 2. The molecular formula is C26H46O4. The van der Waals surface area contributed by atoms with Gasteiger partial charge in [0, 0.05) is 0 Å². The first-order valence-corrected chi connectivity index (χ1v) is 12.7. The summed E-state index contributed by atoms with van der Waals surface area (Å²) in [4.78, 5) is 23.9. The summed E-state index contributed by atoms with van der Waals surface area (Å²) in [5.74, 6) is -2.40. The van der Waals surface area contributed by atoms with Crippen molar-refractivity contribution in [2.24, 2.45) is 11.8 Å². The molecule has 0 fully saturated rings. The maximum atomic E-state index is 12.5. The van der Waals surface area contributed by atoms with Gasteiger partial charge in [-0.1, -0.05) is 103 Å². The van der Waals surface area contributed by atoms with Crippen LogP contribution in [0.4, 0.5) is 0 Å². The van der Waals surface area contributed by atoms with Crippen LogP contribution in [0.3, 0.4) is 0 Å². The molecule has 1 N–H and O–H groups in total. The highest BCUT2D eigenvalue weighted by Gasteiger charge is 2.35. The predicted molar refractivity (Wildman–Crippen MR) is 123 cm³/mol. The molecule has 0 saturated heterocycles. The van der Waals surface area contributed by atoms with E-state index in [2.05, 4.69) is 6.92 Å². The van der Waals surface area contributed by atoms with Crippen molar-refractivity contribution in [2.75, 3.05) is 0 Å². The first-order chi connectivity index (χ1) is 14.6. The number of rotatable bonds is 18. The first-order valence-electron chi connectivity index (χ1n) is 12.7. The second kappa shape index (κ2) is 17.4. The fourth-order valence-corrected chi connectivity index (χ4v) is 4.34. The normalized spacial score (nSPS) is 19.5. The molecule has 4 heteroatoms. The van der Waals surface area contributed by atoms with Gasteiger partial charge < -0.3 is 9.84 Å². The van der Waals surface area contributed by atoms with Crippen molar-refractivity contribution in [1.29, 1.82) is 0 Å². The summed E-state index contributed by atoms with van der Waals surface area (Å²) in [6.45, 7) is 4.30. The van der Waals surface area contributed by atoms with Crippen LogP contribution >= 0.6 is 0 Å². The van der Waals surface area contributed by atoms with Gasteiger partial charge in [0.25, 0.3) is 0 Å². The zero-order valence-electron chi connectivity index (χ0n) is 19.6. The number of hydrogen-bond donors (Lipinski definition) is 1. The van der Waals surface area contributed by atoms with Gasteiger partial charge in [-0.15, -0.1) is 0 Å². The van der Waals surface area contributed by atoms with E-state index in [9.17, 15) is 14.7 Å². The summed E-state index contributed by atoms with van der Waals surface area (Å²) in [7, 11) is 0. The Morgan fingerprint density at radius 1 is 0.800 bits per heavy atom. The Morgan fingerprint density at radius 2 is 1.27 bits per heavy atom. The zero-order chi connectivity index (χ0) is 22.0. The van der Waals surface area contributed by atoms with Crippen LogP contribution in [0.1, 0.15) is 123 Å². The molecule has 0 spiro atoms. The summed E-state index contributed by atoms with van der Waals surface area (Å²) < 4.78 is 5.69. The van der Waals surface area contributed by atoms with Crippen molar-refractivity contribution >= 4 is 11.9 Å². The average Bonchev–Trinajstić information content (AvgIpc) is 2.75. The second-order valence-electron chi connectivity index (χ2n) is 8.99. The van der Waals surface area contributed by atoms with Crippen molar-refractivity contribution in [3.8, 4) is 0 Å². The second-order valence-corrected chi connectivity index (χ2v) is 8.99. The van der Waals surface area contributed by atoms with E-state index >= 15 is 0 Å². The Morgan fingerprint density at radius 3 is 1.73 bits per heavy atom. The number of unbranched alkanes of at least 4 members (excludes halogenated alkanes) is 12. The summed E-state index contributed by atoms with van der Waals surface area (Å²) in [5, 5.41) is 9.34. The highest BCUT2D eigenvalue weighted by atomic mass is 16.5. The van der Waals surface area contributed by atoms with Gasteiger partial charge in [0.05, 0.1) is 11.8 Å². The summed E-state index contributed by atoms with van der Waals surface area (Å²) >= 11 is 0. The average molecular weight is 423 g/mol. The van der Waals surface area contributed by atoms with Crippen LogP contribution < -0.4 is 0 Å². The molecule has 0 heterocycles. The standard InChI is InChI=1S/C26H46O4/c1-3-5-6-7-8-9-10-11-12-13-14-15-16-19-22(4-2)30-26(29)24-21-18-17-20-23(24)25(27)28/h17-18,22-24H,3-16,19-21H2,1-2H3,(H,27,28). The van der Waals surface area contributed by atoms with Gasteiger partial charge in [-0.2, -0.15) is 0 Å². The van der Waals surface area contributed by atoms with Gasteiger partial charge in [-0.05, 0) is 32.1 Å². The van der Waals surface area contributed by atoms with E-state index in [1.165, 1.54) is 77.0 Å². The Hall–Kier alpha value is -1.32. The SMILES string of the molecule is CCCCCCCCCCCCCCCC(CC)OC(=O)C1CC=CCC1C(=O)O.